The number of carbonyl (C=O) groups excluding carboxylic acids is 1. The molecule has 6 nitrogen and oxygen atoms in total. The highest BCUT2D eigenvalue weighted by Gasteiger charge is 2.31. The van der Waals surface area contributed by atoms with Gasteiger partial charge in [0.05, 0.1) is 4.75 Å². The second-order valence-corrected chi connectivity index (χ2v) is 9.15. The first-order chi connectivity index (χ1) is 10.2. The number of nitrogens with one attached hydrogen (secondary N) is 2. The Morgan fingerprint density at radius 3 is 2.57 bits per heavy atom. The first-order valence-corrected chi connectivity index (χ1v) is 9.47. The third-order valence-electron chi connectivity index (χ3n) is 4.39. The maximum atomic E-state index is 12.4. The molecular weight excluding hydrogens is 338 g/mol. The van der Waals surface area contributed by atoms with Crippen LogP contribution in [0.5, 0.6) is 0 Å². The van der Waals surface area contributed by atoms with E-state index in [0.717, 1.165) is 25.9 Å². The molecule has 0 saturated carbocycles. The topological polar surface area (TPSA) is 80.2 Å². The van der Waals surface area contributed by atoms with Gasteiger partial charge >= 0.3 is 0 Å². The molecule has 0 aliphatic carbocycles. The number of nitrogens with zero attached hydrogens (tertiary/aromatic N) is 1. The largest absolute Gasteiger partial charge is 0.349 e. The van der Waals surface area contributed by atoms with Crippen molar-refractivity contribution in [1.82, 2.24) is 15.2 Å². The molecule has 132 valence electrons. The van der Waals surface area contributed by atoms with Crippen molar-refractivity contribution < 1.29 is 13.2 Å². The van der Waals surface area contributed by atoms with E-state index < -0.39 is 14.6 Å². The van der Waals surface area contributed by atoms with Gasteiger partial charge in [0.15, 0.2) is 9.84 Å². The normalized spacial score (nSPS) is 16.7. The zero-order valence-corrected chi connectivity index (χ0v) is 15.5. The van der Waals surface area contributed by atoms with Crippen molar-refractivity contribution in [2.75, 3.05) is 25.9 Å². The van der Waals surface area contributed by atoms with Crippen molar-refractivity contribution in [3.63, 3.8) is 0 Å². The highest BCUT2D eigenvalue weighted by molar-refractivity contribution is 7.92. The third kappa shape index (κ3) is 4.71. The Bertz CT molecular complexity index is 634. The summed E-state index contributed by atoms with van der Waals surface area (Å²) in [6, 6.07) is 3.96. The van der Waals surface area contributed by atoms with Crippen LogP contribution in [0.2, 0.25) is 0 Å². The Morgan fingerprint density at radius 1 is 1.39 bits per heavy atom. The molecular formula is C15H26ClN3O3S. The number of hydrogen-bond donors (Lipinski definition) is 2. The van der Waals surface area contributed by atoms with Crippen LogP contribution in [0, 0.1) is 0 Å². The second-order valence-electron chi connectivity index (χ2n) is 6.50. The first-order valence-electron chi connectivity index (χ1n) is 7.58. The average molecular weight is 364 g/mol. The number of halogens is 1. The molecule has 2 N–H and O–H groups in total. The smallest absolute Gasteiger partial charge is 0.267 e. The minimum Gasteiger partial charge on any atom is -0.349 e. The highest BCUT2D eigenvalue weighted by Crippen LogP contribution is 2.21. The fourth-order valence-corrected chi connectivity index (χ4v) is 2.84. The molecule has 2 rings (SSSR count). The molecule has 1 aliphatic rings. The van der Waals surface area contributed by atoms with Crippen molar-refractivity contribution in [2.24, 2.45) is 0 Å². The predicted molar refractivity (Wildman–Crippen MR) is 94.1 cm³/mol. The maximum absolute atomic E-state index is 12.4. The van der Waals surface area contributed by atoms with Gasteiger partial charge in [-0.05, 0) is 51.9 Å². The van der Waals surface area contributed by atoms with E-state index in [1.807, 2.05) is 16.8 Å². The minimum absolute atomic E-state index is 0. The molecule has 1 aliphatic heterocycles. The predicted octanol–water partition coefficient (Wildman–Crippen LogP) is 1.39. The molecule has 23 heavy (non-hydrogen) atoms. The Kier molecular flexibility index (Phi) is 6.68. The van der Waals surface area contributed by atoms with Crippen molar-refractivity contribution in [3.8, 4) is 0 Å². The maximum Gasteiger partial charge on any atom is 0.267 e. The van der Waals surface area contributed by atoms with Crippen LogP contribution in [0.3, 0.4) is 0 Å². The Balaban J connectivity index is 0.00000264. The van der Waals surface area contributed by atoms with Gasteiger partial charge in [0.1, 0.15) is 5.69 Å². The Hall–Kier alpha value is -1.05. The zero-order valence-electron chi connectivity index (χ0n) is 13.8. The Labute approximate surface area is 144 Å². The molecule has 1 amide bonds. The van der Waals surface area contributed by atoms with E-state index in [1.54, 1.807) is 19.9 Å². The molecule has 1 aromatic rings. The van der Waals surface area contributed by atoms with Crippen LogP contribution in [0.4, 0.5) is 0 Å². The summed E-state index contributed by atoms with van der Waals surface area (Å²) < 4.78 is 24.4. The van der Waals surface area contributed by atoms with Gasteiger partial charge in [-0.3, -0.25) is 4.79 Å². The number of sulfone groups is 1. The van der Waals surface area contributed by atoms with Crippen LogP contribution >= 0.6 is 12.4 Å². The fourth-order valence-electron chi connectivity index (χ4n) is 2.50. The number of rotatable bonds is 5. The quantitative estimate of drug-likeness (QED) is 0.828. The van der Waals surface area contributed by atoms with E-state index in [2.05, 4.69) is 10.6 Å². The van der Waals surface area contributed by atoms with Crippen LogP contribution in [-0.2, 0) is 9.84 Å². The summed E-state index contributed by atoms with van der Waals surface area (Å²) in [5.41, 5.74) is 0.594. The second kappa shape index (κ2) is 7.68. The summed E-state index contributed by atoms with van der Waals surface area (Å²) in [7, 11) is -3.23. The van der Waals surface area contributed by atoms with Gasteiger partial charge in [-0.15, -0.1) is 12.4 Å². The number of aromatic nitrogens is 1. The molecule has 0 spiro atoms. The lowest BCUT2D eigenvalue weighted by Crippen LogP contribution is -2.44. The molecule has 1 aromatic heterocycles. The van der Waals surface area contributed by atoms with Crippen molar-refractivity contribution in [2.45, 2.75) is 37.5 Å². The van der Waals surface area contributed by atoms with Crippen LogP contribution in [0.25, 0.3) is 0 Å². The van der Waals surface area contributed by atoms with E-state index in [0.29, 0.717) is 11.7 Å². The van der Waals surface area contributed by atoms with E-state index >= 15 is 0 Å². The van der Waals surface area contributed by atoms with Crippen LogP contribution in [0.1, 0.15) is 43.2 Å². The molecule has 0 bridgehead atoms. The molecule has 0 aromatic carbocycles. The van der Waals surface area contributed by atoms with Crippen molar-refractivity contribution in [1.29, 1.82) is 0 Å². The Morgan fingerprint density at radius 2 is 2.00 bits per heavy atom. The van der Waals surface area contributed by atoms with Crippen molar-refractivity contribution >= 4 is 28.2 Å². The monoisotopic (exact) mass is 363 g/mol. The number of piperidine rings is 1. The fraction of sp³-hybridized carbons (Fsp3) is 0.667. The SMILES string of the molecule is CC(C)(CNC(=O)c1cccn1C1CCNCC1)S(C)(=O)=O.Cl. The lowest BCUT2D eigenvalue weighted by Gasteiger charge is -2.27. The van der Waals surface area contributed by atoms with Gasteiger partial charge in [-0.2, -0.15) is 0 Å². The van der Waals surface area contributed by atoms with Gasteiger partial charge in [-0.25, -0.2) is 8.42 Å². The number of hydrogen-bond acceptors (Lipinski definition) is 4. The third-order valence-corrected chi connectivity index (χ3v) is 6.54. The minimum atomic E-state index is -3.23. The molecule has 1 saturated heterocycles. The average Bonchev–Trinajstić information content (AvgIpc) is 2.94. The van der Waals surface area contributed by atoms with E-state index in [1.165, 1.54) is 6.26 Å². The molecule has 0 atom stereocenters. The summed E-state index contributed by atoms with van der Waals surface area (Å²) >= 11 is 0. The van der Waals surface area contributed by atoms with Crippen LogP contribution in [-0.4, -0.2) is 49.5 Å². The van der Waals surface area contributed by atoms with Crippen LogP contribution < -0.4 is 10.6 Å². The molecule has 2 heterocycles. The van der Waals surface area contributed by atoms with Crippen LogP contribution in [0.15, 0.2) is 18.3 Å². The summed E-state index contributed by atoms with van der Waals surface area (Å²) in [4.78, 5) is 12.4. The van der Waals surface area contributed by atoms with Gasteiger partial charge < -0.3 is 15.2 Å². The van der Waals surface area contributed by atoms with Gasteiger partial charge in [0.2, 0.25) is 0 Å². The molecule has 0 radical (unpaired) electrons. The standard InChI is InChI=1S/C15H25N3O3S.ClH/c1-15(2,22(3,20)21)11-17-14(19)13-5-4-10-18(13)12-6-8-16-9-7-12;/h4-5,10,12,16H,6-9,11H2,1-3H3,(H,17,19);1H. The van der Waals surface area contributed by atoms with E-state index in [-0.39, 0.29) is 24.9 Å². The summed E-state index contributed by atoms with van der Waals surface area (Å²) in [6.45, 7) is 5.24. The van der Waals surface area contributed by atoms with Gasteiger partial charge in [0.25, 0.3) is 5.91 Å². The first kappa shape index (κ1) is 20.0. The number of amides is 1. The van der Waals surface area contributed by atoms with Gasteiger partial charge in [0, 0.05) is 25.0 Å². The van der Waals surface area contributed by atoms with E-state index in [4.69, 9.17) is 0 Å². The summed E-state index contributed by atoms with van der Waals surface area (Å²) in [6.07, 6.45) is 5.09. The molecule has 1 fully saturated rings. The molecule has 8 heteroatoms. The van der Waals surface area contributed by atoms with Gasteiger partial charge in [-0.1, -0.05) is 0 Å². The lowest BCUT2D eigenvalue weighted by atomic mass is 10.1. The highest BCUT2D eigenvalue weighted by atomic mass is 35.5. The van der Waals surface area contributed by atoms with E-state index in [9.17, 15) is 13.2 Å². The zero-order chi connectivity index (χ0) is 16.4. The summed E-state index contributed by atoms with van der Waals surface area (Å²) in [5, 5.41) is 6.06. The lowest BCUT2D eigenvalue weighted by molar-refractivity contribution is 0.0937. The molecule has 0 unspecified atom stereocenters. The number of carbonyl (C=O) groups is 1. The summed E-state index contributed by atoms with van der Waals surface area (Å²) in [5.74, 6) is -0.222. The van der Waals surface area contributed by atoms with Crippen molar-refractivity contribution in [3.05, 3.63) is 24.0 Å².